The van der Waals surface area contributed by atoms with E-state index in [9.17, 15) is 30.0 Å². The molecule has 0 aromatic heterocycles. The van der Waals surface area contributed by atoms with E-state index in [-0.39, 0.29) is 35.2 Å². The van der Waals surface area contributed by atoms with Crippen molar-refractivity contribution in [3.8, 4) is 23.0 Å². The average Bonchev–Trinajstić information content (AvgIpc) is 2.51. The van der Waals surface area contributed by atoms with Crippen LogP contribution in [0.5, 0.6) is 23.0 Å². The molecule has 0 fully saturated rings. The number of phenolic OH excluding ortho intramolecular Hbond substituents is 4. The first-order chi connectivity index (χ1) is 11.8. The Morgan fingerprint density at radius 1 is 0.800 bits per heavy atom. The summed E-state index contributed by atoms with van der Waals surface area (Å²) in [5.41, 5.74) is 0.611. The molecule has 0 saturated carbocycles. The molecule has 0 aliphatic carbocycles. The van der Waals surface area contributed by atoms with Gasteiger partial charge >= 0.3 is 0 Å². The van der Waals surface area contributed by atoms with Gasteiger partial charge in [-0.15, -0.1) is 0 Å². The van der Waals surface area contributed by atoms with Gasteiger partial charge in [-0.25, -0.2) is 0 Å². The Bertz CT molecular complexity index is 742. The Hall–Kier alpha value is -3.06. The van der Waals surface area contributed by atoms with Crippen LogP contribution in [0.2, 0.25) is 0 Å². The number of phenols is 4. The summed E-state index contributed by atoms with van der Waals surface area (Å²) in [7, 11) is 0. The number of hydrogen-bond acceptors (Lipinski definition) is 7. The van der Waals surface area contributed by atoms with Crippen LogP contribution in [0.15, 0.2) is 36.4 Å². The third-order valence-corrected chi connectivity index (χ3v) is 3.37. The molecule has 2 rings (SSSR count). The molecule has 0 bridgehead atoms. The van der Waals surface area contributed by atoms with Crippen LogP contribution in [-0.2, 0) is 16.0 Å². The van der Waals surface area contributed by atoms with Gasteiger partial charge in [0, 0.05) is 24.3 Å². The smallest absolute Gasteiger partial charge is 0.231 e. The Labute approximate surface area is 143 Å². The molecule has 7 heteroatoms. The summed E-state index contributed by atoms with van der Waals surface area (Å²) in [6.07, 6.45) is 1.04. The highest BCUT2D eigenvalue weighted by Crippen LogP contribution is 2.22. The predicted molar refractivity (Wildman–Crippen MR) is 88.0 cm³/mol. The van der Waals surface area contributed by atoms with Crippen LogP contribution in [-0.4, -0.2) is 45.2 Å². The van der Waals surface area contributed by atoms with Gasteiger partial charge in [0.2, 0.25) is 11.6 Å². The first kappa shape index (κ1) is 18.3. The summed E-state index contributed by atoms with van der Waals surface area (Å²) >= 11 is 0. The second kappa shape index (κ2) is 8.16. The summed E-state index contributed by atoms with van der Waals surface area (Å²) in [6, 6.07) is 7.49. The van der Waals surface area contributed by atoms with Crippen LogP contribution < -0.4 is 0 Å². The van der Waals surface area contributed by atoms with Crippen molar-refractivity contribution in [2.75, 3.05) is 13.2 Å². The molecule has 7 nitrogen and oxygen atoms in total. The molecular formula is C18H18O7. The molecule has 0 unspecified atom stereocenters. The molecule has 132 valence electrons. The minimum absolute atomic E-state index is 0.0361. The Morgan fingerprint density at radius 3 is 1.88 bits per heavy atom. The van der Waals surface area contributed by atoms with Crippen molar-refractivity contribution in [2.45, 2.75) is 12.8 Å². The minimum atomic E-state index is -0.857. The van der Waals surface area contributed by atoms with Crippen molar-refractivity contribution < 1.29 is 34.8 Å². The summed E-state index contributed by atoms with van der Waals surface area (Å²) in [4.78, 5) is 23.7. The van der Waals surface area contributed by atoms with Crippen LogP contribution in [0.3, 0.4) is 0 Å². The van der Waals surface area contributed by atoms with Gasteiger partial charge in [0.1, 0.15) is 29.6 Å². The summed E-state index contributed by atoms with van der Waals surface area (Å²) in [5.74, 6) is -2.35. The number of benzene rings is 2. The minimum Gasteiger partial charge on any atom is -0.508 e. The highest BCUT2D eigenvalue weighted by molar-refractivity contribution is 6.44. The molecule has 25 heavy (non-hydrogen) atoms. The number of carbonyl (C=O) groups is 2. The van der Waals surface area contributed by atoms with E-state index >= 15 is 0 Å². The average molecular weight is 346 g/mol. The maximum absolute atomic E-state index is 11.9. The fraction of sp³-hybridized carbons (Fsp3) is 0.222. The largest absolute Gasteiger partial charge is 0.508 e. The van der Waals surface area contributed by atoms with Crippen molar-refractivity contribution in [1.29, 1.82) is 0 Å². The lowest BCUT2D eigenvalue weighted by atomic mass is 10.1. The predicted octanol–water partition coefficient (Wildman–Crippen LogP) is 1.91. The van der Waals surface area contributed by atoms with Gasteiger partial charge in [0.15, 0.2) is 0 Å². The van der Waals surface area contributed by atoms with E-state index in [1.165, 1.54) is 18.2 Å². The number of ether oxygens (including phenoxy) is 1. The fourth-order valence-corrected chi connectivity index (χ4v) is 2.30. The lowest BCUT2D eigenvalue weighted by Gasteiger charge is -2.06. The number of ketones is 2. The molecule has 2 aromatic rings. The summed E-state index contributed by atoms with van der Waals surface area (Å²) in [6.45, 7) is -0.207. The molecule has 2 aromatic carbocycles. The highest BCUT2D eigenvalue weighted by atomic mass is 16.5. The SMILES string of the molecule is O=C(COCCCc1cc(O)cc(O)c1)C(=O)c1cc(O)cc(O)c1. The first-order valence-corrected chi connectivity index (χ1v) is 7.55. The van der Waals surface area contributed by atoms with E-state index in [1.807, 2.05) is 0 Å². The van der Waals surface area contributed by atoms with Gasteiger partial charge in [0.05, 0.1) is 0 Å². The van der Waals surface area contributed by atoms with Crippen molar-refractivity contribution in [2.24, 2.45) is 0 Å². The first-order valence-electron chi connectivity index (χ1n) is 7.55. The van der Waals surface area contributed by atoms with Crippen LogP contribution in [0.1, 0.15) is 22.3 Å². The van der Waals surface area contributed by atoms with Crippen LogP contribution in [0, 0.1) is 0 Å². The molecule has 0 aliphatic heterocycles. The lowest BCUT2D eigenvalue weighted by Crippen LogP contribution is -2.20. The second-order valence-electron chi connectivity index (χ2n) is 5.50. The van der Waals surface area contributed by atoms with E-state index in [4.69, 9.17) is 4.74 Å². The fourth-order valence-electron chi connectivity index (χ4n) is 2.30. The van der Waals surface area contributed by atoms with Crippen molar-refractivity contribution >= 4 is 11.6 Å². The maximum atomic E-state index is 11.9. The van der Waals surface area contributed by atoms with Gasteiger partial charge in [-0.05, 0) is 42.7 Å². The number of Topliss-reactive ketones (excluding diaryl/α,β-unsaturated/α-hetero) is 2. The number of aromatic hydroxyl groups is 4. The maximum Gasteiger partial charge on any atom is 0.231 e. The van der Waals surface area contributed by atoms with Crippen LogP contribution in [0.4, 0.5) is 0 Å². The zero-order valence-corrected chi connectivity index (χ0v) is 13.3. The quantitative estimate of drug-likeness (QED) is 0.327. The van der Waals surface area contributed by atoms with Crippen LogP contribution >= 0.6 is 0 Å². The molecule has 0 atom stereocenters. The van der Waals surface area contributed by atoms with Gasteiger partial charge in [-0.3, -0.25) is 9.59 Å². The third-order valence-electron chi connectivity index (χ3n) is 3.37. The van der Waals surface area contributed by atoms with Gasteiger partial charge < -0.3 is 25.2 Å². The monoisotopic (exact) mass is 346 g/mol. The molecule has 0 saturated heterocycles. The lowest BCUT2D eigenvalue weighted by molar-refractivity contribution is -0.119. The standard InChI is InChI=1S/C18H18O7/c19-13-4-11(5-14(20)8-13)2-1-3-25-10-17(23)18(24)12-6-15(21)9-16(22)7-12/h4-9,19-22H,1-3,10H2. The number of hydrogen-bond donors (Lipinski definition) is 4. The molecule has 0 heterocycles. The molecule has 4 N–H and O–H groups in total. The van der Waals surface area contributed by atoms with E-state index in [1.54, 1.807) is 0 Å². The zero-order valence-electron chi connectivity index (χ0n) is 13.3. The Morgan fingerprint density at radius 2 is 1.32 bits per heavy atom. The number of carbonyl (C=O) groups excluding carboxylic acids is 2. The van der Waals surface area contributed by atoms with E-state index in [2.05, 4.69) is 0 Å². The van der Waals surface area contributed by atoms with Gasteiger partial charge in [-0.2, -0.15) is 0 Å². The van der Waals surface area contributed by atoms with Gasteiger partial charge in [-0.1, -0.05) is 0 Å². The molecule has 0 spiro atoms. The number of rotatable bonds is 8. The summed E-state index contributed by atoms with van der Waals surface area (Å²) in [5, 5.41) is 37.4. The molecule has 0 amide bonds. The Kier molecular flexibility index (Phi) is 5.97. The van der Waals surface area contributed by atoms with E-state index in [0.29, 0.717) is 12.8 Å². The van der Waals surface area contributed by atoms with E-state index in [0.717, 1.165) is 23.8 Å². The summed E-state index contributed by atoms with van der Waals surface area (Å²) < 4.78 is 5.16. The topological polar surface area (TPSA) is 124 Å². The molecule has 0 radical (unpaired) electrons. The van der Waals surface area contributed by atoms with Crippen molar-refractivity contribution in [1.82, 2.24) is 0 Å². The van der Waals surface area contributed by atoms with Crippen molar-refractivity contribution in [3.05, 3.63) is 47.5 Å². The normalized spacial score (nSPS) is 10.6. The zero-order chi connectivity index (χ0) is 18.4. The van der Waals surface area contributed by atoms with E-state index < -0.39 is 18.2 Å². The Balaban J connectivity index is 1.77. The third kappa shape index (κ3) is 5.50. The second-order valence-corrected chi connectivity index (χ2v) is 5.50. The van der Waals surface area contributed by atoms with Crippen LogP contribution in [0.25, 0.3) is 0 Å². The molecule has 0 aliphatic rings. The highest BCUT2D eigenvalue weighted by Gasteiger charge is 2.17. The van der Waals surface area contributed by atoms with Crippen molar-refractivity contribution in [3.63, 3.8) is 0 Å². The van der Waals surface area contributed by atoms with Gasteiger partial charge in [0.25, 0.3) is 0 Å². The number of aryl methyl sites for hydroxylation is 1. The molecular weight excluding hydrogens is 328 g/mol.